The predicted octanol–water partition coefficient (Wildman–Crippen LogP) is 3.10. The largest absolute Gasteiger partial charge is 0.506 e. The van der Waals surface area contributed by atoms with E-state index < -0.39 is 22.2 Å². The number of ketones is 2. The maximum Gasteiger partial charge on any atom is 0.319 e. The van der Waals surface area contributed by atoms with Crippen LogP contribution in [0.25, 0.3) is 11.3 Å². The minimum atomic E-state index is -0.932. The number of carbonyl (C=O) groups excluding carboxylic acids is 2. The first-order valence-corrected chi connectivity index (χ1v) is 8.66. The molecule has 0 unspecified atom stereocenters. The van der Waals surface area contributed by atoms with Crippen LogP contribution < -0.4 is 5.32 Å². The summed E-state index contributed by atoms with van der Waals surface area (Å²) in [5.41, 5.74) is 0.216. The van der Waals surface area contributed by atoms with Crippen LogP contribution in [0.5, 0.6) is 0 Å². The highest BCUT2D eigenvalue weighted by molar-refractivity contribution is 6.62. The number of carbonyl (C=O) groups is 2. The Morgan fingerprint density at radius 3 is 2.56 bits per heavy atom. The number of anilines is 1. The van der Waals surface area contributed by atoms with Gasteiger partial charge >= 0.3 is 5.69 Å². The van der Waals surface area contributed by atoms with Crippen molar-refractivity contribution in [2.75, 3.05) is 11.9 Å². The first kappa shape index (κ1) is 17.0. The average molecular weight is 367 g/mol. The molecule has 4 rings (SSSR count). The van der Waals surface area contributed by atoms with E-state index >= 15 is 0 Å². The van der Waals surface area contributed by atoms with Gasteiger partial charge in [0.05, 0.1) is 16.1 Å². The summed E-state index contributed by atoms with van der Waals surface area (Å²) >= 11 is 0. The van der Waals surface area contributed by atoms with E-state index in [0.717, 1.165) is 12.8 Å². The van der Waals surface area contributed by atoms with Gasteiger partial charge in [-0.1, -0.05) is 24.3 Å². The molecular weight excluding hydrogens is 350 g/mol. The van der Waals surface area contributed by atoms with Crippen LogP contribution in [0.15, 0.2) is 24.3 Å². The third kappa shape index (κ3) is 2.37. The first-order chi connectivity index (χ1) is 12.9. The van der Waals surface area contributed by atoms with E-state index in [-0.39, 0.29) is 28.0 Å². The maximum absolute atomic E-state index is 12.8. The number of hydrogen-bond donors (Lipinski definition) is 2. The fraction of sp³-hybridized carbons (Fsp3) is 0.263. The van der Waals surface area contributed by atoms with Gasteiger partial charge in [0.2, 0.25) is 11.6 Å². The molecule has 2 heterocycles. The molecule has 0 bridgehead atoms. The standard InChI is InChI=1S/C19H17N3O5/c1-10-13(15(22(26)27)19-20-8-4-5-9-21(10)19)14-16(23)11-6-2-3-7-12(11)17(24)18(14)25/h2-3,6-7,20,23H,4-5,8-9H2,1H3. The van der Waals surface area contributed by atoms with E-state index in [0.29, 0.717) is 24.6 Å². The summed E-state index contributed by atoms with van der Waals surface area (Å²) in [5, 5.41) is 25.7. The van der Waals surface area contributed by atoms with Crippen molar-refractivity contribution in [3.63, 3.8) is 0 Å². The Morgan fingerprint density at radius 2 is 1.85 bits per heavy atom. The van der Waals surface area contributed by atoms with E-state index in [4.69, 9.17) is 0 Å². The number of aliphatic hydroxyl groups is 1. The second-order valence-electron chi connectivity index (χ2n) is 6.63. The van der Waals surface area contributed by atoms with Gasteiger partial charge in [0.15, 0.2) is 5.82 Å². The van der Waals surface area contributed by atoms with Crippen LogP contribution in [-0.4, -0.2) is 32.7 Å². The van der Waals surface area contributed by atoms with Gasteiger partial charge in [-0.15, -0.1) is 0 Å². The fourth-order valence-electron chi connectivity index (χ4n) is 3.86. The first-order valence-electron chi connectivity index (χ1n) is 8.66. The molecule has 0 radical (unpaired) electrons. The number of aliphatic hydroxyl groups excluding tert-OH is 1. The quantitative estimate of drug-likeness (QED) is 0.479. The lowest BCUT2D eigenvalue weighted by Crippen LogP contribution is -2.23. The molecule has 138 valence electrons. The molecule has 0 saturated carbocycles. The Hall–Kier alpha value is -3.42. The topological polar surface area (TPSA) is 114 Å². The summed E-state index contributed by atoms with van der Waals surface area (Å²) in [6, 6.07) is 6.21. The molecule has 0 amide bonds. The Kier molecular flexibility index (Phi) is 3.83. The summed E-state index contributed by atoms with van der Waals surface area (Å²) in [6.45, 7) is 2.80. The molecule has 0 spiro atoms. The van der Waals surface area contributed by atoms with Gasteiger partial charge in [0, 0.05) is 29.9 Å². The Labute approximate surface area is 154 Å². The number of fused-ring (bicyclic) bond motifs is 2. The molecular formula is C19H17N3O5. The summed E-state index contributed by atoms with van der Waals surface area (Å²) < 4.78 is 1.75. The number of nitrogens with one attached hydrogen (secondary N) is 1. The van der Waals surface area contributed by atoms with Crippen molar-refractivity contribution < 1.29 is 19.6 Å². The molecule has 1 aliphatic carbocycles. The van der Waals surface area contributed by atoms with Gasteiger partial charge in [-0.25, -0.2) is 0 Å². The zero-order valence-electron chi connectivity index (χ0n) is 14.6. The van der Waals surface area contributed by atoms with E-state index in [1.54, 1.807) is 23.6 Å². The highest BCUT2D eigenvalue weighted by atomic mass is 16.6. The van der Waals surface area contributed by atoms with Gasteiger partial charge in [-0.3, -0.25) is 19.7 Å². The second-order valence-corrected chi connectivity index (χ2v) is 6.63. The van der Waals surface area contributed by atoms with Crippen molar-refractivity contribution >= 4 is 34.4 Å². The van der Waals surface area contributed by atoms with E-state index in [2.05, 4.69) is 5.32 Å². The third-order valence-electron chi connectivity index (χ3n) is 5.13. The number of rotatable bonds is 2. The van der Waals surface area contributed by atoms with Crippen LogP contribution in [0.4, 0.5) is 11.5 Å². The molecule has 27 heavy (non-hydrogen) atoms. The van der Waals surface area contributed by atoms with Crippen LogP contribution in [0.2, 0.25) is 0 Å². The molecule has 1 aromatic carbocycles. The van der Waals surface area contributed by atoms with E-state index in [1.807, 2.05) is 0 Å². The molecule has 2 aliphatic rings. The lowest BCUT2D eigenvalue weighted by atomic mass is 9.85. The van der Waals surface area contributed by atoms with Crippen molar-refractivity contribution in [2.24, 2.45) is 0 Å². The molecule has 0 saturated heterocycles. The highest BCUT2D eigenvalue weighted by Gasteiger charge is 2.41. The van der Waals surface area contributed by atoms with Crippen molar-refractivity contribution in [1.29, 1.82) is 0 Å². The summed E-state index contributed by atoms with van der Waals surface area (Å²) in [6.07, 6.45) is 1.69. The second kappa shape index (κ2) is 6.08. The molecule has 8 heteroatoms. The van der Waals surface area contributed by atoms with Crippen molar-refractivity contribution in [2.45, 2.75) is 26.3 Å². The lowest BCUT2D eigenvalue weighted by molar-refractivity contribution is -0.384. The van der Waals surface area contributed by atoms with Gasteiger partial charge in [0.1, 0.15) is 5.76 Å². The summed E-state index contributed by atoms with van der Waals surface area (Å²) in [4.78, 5) is 36.6. The minimum absolute atomic E-state index is 0.00903. The smallest absolute Gasteiger partial charge is 0.319 e. The summed E-state index contributed by atoms with van der Waals surface area (Å²) in [7, 11) is 0. The van der Waals surface area contributed by atoms with Crippen LogP contribution in [0, 0.1) is 17.0 Å². The zero-order chi connectivity index (χ0) is 19.3. The SMILES string of the molecule is Cc1c(C2=C(O)c3ccccc3C(=O)C2=O)c([N+](=O)[O-])c2n1CCCCN2. The highest BCUT2D eigenvalue weighted by Crippen LogP contribution is 2.44. The van der Waals surface area contributed by atoms with Gasteiger partial charge in [0.25, 0.3) is 0 Å². The van der Waals surface area contributed by atoms with E-state index in [9.17, 15) is 24.8 Å². The van der Waals surface area contributed by atoms with Gasteiger partial charge in [-0.05, 0) is 19.8 Å². The monoisotopic (exact) mass is 367 g/mol. The van der Waals surface area contributed by atoms with Crippen LogP contribution >= 0.6 is 0 Å². The number of aromatic nitrogens is 1. The van der Waals surface area contributed by atoms with Crippen LogP contribution in [-0.2, 0) is 11.3 Å². The number of hydrogen-bond acceptors (Lipinski definition) is 6. The predicted molar refractivity (Wildman–Crippen MR) is 98.8 cm³/mol. The molecule has 1 aromatic heterocycles. The maximum atomic E-state index is 12.8. The normalized spacial score (nSPS) is 16.5. The van der Waals surface area contributed by atoms with E-state index in [1.165, 1.54) is 12.1 Å². The average Bonchev–Trinajstić information content (AvgIpc) is 2.80. The Bertz CT molecular complexity index is 1050. The molecule has 8 nitrogen and oxygen atoms in total. The number of nitro groups is 1. The summed E-state index contributed by atoms with van der Waals surface area (Å²) in [5.74, 6) is -1.80. The molecule has 0 atom stereocenters. The van der Waals surface area contributed by atoms with Gasteiger partial charge in [-0.2, -0.15) is 0 Å². The lowest BCUT2D eigenvalue weighted by Gasteiger charge is -2.17. The van der Waals surface area contributed by atoms with Crippen LogP contribution in [0.3, 0.4) is 0 Å². The number of Topliss-reactive ketones (excluding diaryl/α,β-unsaturated/α-hetero) is 2. The Morgan fingerprint density at radius 1 is 1.15 bits per heavy atom. The van der Waals surface area contributed by atoms with Crippen LogP contribution in [0.1, 0.15) is 40.0 Å². The number of allylic oxidation sites excluding steroid dienone is 1. The van der Waals surface area contributed by atoms with Crippen molar-refractivity contribution in [3.8, 4) is 0 Å². The van der Waals surface area contributed by atoms with Crippen molar-refractivity contribution in [3.05, 3.63) is 56.8 Å². The zero-order valence-corrected chi connectivity index (χ0v) is 14.6. The fourth-order valence-corrected chi connectivity index (χ4v) is 3.86. The minimum Gasteiger partial charge on any atom is -0.506 e. The van der Waals surface area contributed by atoms with Crippen molar-refractivity contribution in [1.82, 2.24) is 4.57 Å². The molecule has 2 N–H and O–H groups in total. The number of nitrogens with zero attached hydrogens (tertiary/aromatic N) is 2. The molecule has 1 aliphatic heterocycles. The number of benzene rings is 1. The molecule has 2 aromatic rings. The third-order valence-corrected chi connectivity index (χ3v) is 5.13. The van der Waals surface area contributed by atoms with Gasteiger partial charge < -0.3 is 15.0 Å². The molecule has 0 fully saturated rings. The Balaban J connectivity index is 2.06.